The third-order valence-electron chi connectivity index (χ3n) is 2.97. The van der Waals surface area contributed by atoms with Crippen LogP contribution in [0.1, 0.15) is 45.3 Å². The molecule has 0 saturated carbocycles. The van der Waals surface area contributed by atoms with E-state index in [2.05, 4.69) is 10.1 Å². The number of aryl methyl sites for hydroxylation is 1. The summed E-state index contributed by atoms with van der Waals surface area (Å²) >= 11 is 0. The lowest BCUT2D eigenvalue weighted by atomic mass is 9.96. The number of nitrogens with zero attached hydrogens (tertiary/aromatic N) is 2. The van der Waals surface area contributed by atoms with Crippen LogP contribution in [0.5, 0.6) is 5.75 Å². The molecule has 1 aromatic carbocycles. The van der Waals surface area contributed by atoms with E-state index in [1.54, 1.807) is 6.07 Å². The Morgan fingerprint density at radius 3 is 2.68 bits per heavy atom. The SMILES string of the molecule is CC(C)(C)c1noc(CCCC(=O)Oc2ccccc2F)n1. The molecule has 6 heteroatoms. The van der Waals surface area contributed by atoms with E-state index in [0.717, 1.165) is 0 Å². The summed E-state index contributed by atoms with van der Waals surface area (Å²) in [6.07, 6.45) is 1.13. The van der Waals surface area contributed by atoms with Crippen LogP contribution >= 0.6 is 0 Å². The first-order valence-electron chi connectivity index (χ1n) is 7.14. The minimum absolute atomic E-state index is 0.0553. The van der Waals surface area contributed by atoms with Crippen LogP contribution in [0.15, 0.2) is 28.8 Å². The molecule has 0 bridgehead atoms. The van der Waals surface area contributed by atoms with Crippen molar-refractivity contribution < 1.29 is 18.4 Å². The number of halogens is 1. The first-order chi connectivity index (χ1) is 10.4. The van der Waals surface area contributed by atoms with E-state index in [-0.39, 0.29) is 17.6 Å². The van der Waals surface area contributed by atoms with E-state index in [1.807, 2.05) is 20.8 Å². The molecule has 0 saturated heterocycles. The highest BCUT2D eigenvalue weighted by atomic mass is 19.1. The van der Waals surface area contributed by atoms with Crippen molar-refractivity contribution in [1.82, 2.24) is 10.1 Å². The monoisotopic (exact) mass is 306 g/mol. The molecule has 0 N–H and O–H groups in total. The van der Waals surface area contributed by atoms with Crippen molar-refractivity contribution in [2.24, 2.45) is 0 Å². The average molecular weight is 306 g/mol. The molecule has 0 aliphatic carbocycles. The minimum atomic E-state index is -0.553. The molecule has 0 fully saturated rings. The Morgan fingerprint density at radius 1 is 1.32 bits per heavy atom. The van der Waals surface area contributed by atoms with E-state index in [4.69, 9.17) is 9.26 Å². The maximum atomic E-state index is 13.3. The Balaban J connectivity index is 1.80. The van der Waals surface area contributed by atoms with Crippen LogP contribution < -0.4 is 4.74 Å². The number of hydrogen-bond acceptors (Lipinski definition) is 5. The summed E-state index contributed by atoms with van der Waals surface area (Å²) in [6, 6.07) is 5.81. The van der Waals surface area contributed by atoms with Gasteiger partial charge in [0.2, 0.25) is 5.89 Å². The Morgan fingerprint density at radius 2 is 2.05 bits per heavy atom. The number of aromatic nitrogens is 2. The molecule has 2 rings (SSSR count). The van der Waals surface area contributed by atoms with E-state index in [0.29, 0.717) is 24.6 Å². The maximum absolute atomic E-state index is 13.3. The smallest absolute Gasteiger partial charge is 0.311 e. The second-order valence-electron chi connectivity index (χ2n) is 6.02. The molecule has 0 atom stereocenters. The first kappa shape index (κ1) is 16.1. The molecule has 0 aliphatic heterocycles. The molecular weight excluding hydrogens is 287 g/mol. The van der Waals surface area contributed by atoms with Gasteiger partial charge < -0.3 is 9.26 Å². The third kappa shape index (κ3) is 4.38. The Kier molecular flexibility index (Phi) is 4.90. The van der Waals surface area contributed by atoms with Crippen LogP contribution in [0.4, 0.5) is 4.39 Å². The van der Waals surface area contributed by atoms with Gasteiger partial charge in [-0.1, -0.05) is 38.1 Å². The zero-order valence-corrected chi connectivity index (χ0v) is 12.9. The fraction of sp³-hybridized carbons (Fsp3) is 0.438. The molecule has 2 aromatic rings. The van der Waals surface area contributed by atoms with Crippen molar-refractivity contribution in [2.75, 3.05) is 0 Å². The van der Waals surface area contributed by atoms with Gasteiger partial charge in [0.1, 0.15) is 0 Å². The second kappa shape index (κ2) is 6.68. The van der Waals surface area contributed by atoms with Crippen molar-refractivity contribution in [3.8, 4) is 5.75 Å². The molecule has 0 spiro atoms. The van der Waals surface area contributed by atoms with Crippen molar-refractivity contribution >= 4 is 5.97 Å². The quantitative estimate of drug-likeness (QED) is 0.625. The highest BCUT2D eigenvalue weighted by Gasteiger charge is 2.20. The summed E-state index contributed by atoms with van der Waals surface area (Å²) in [5.41, 5.74) is -0.175. The first-order valence-corrected chi connectivity index (χ1v) is 7.14. The summed E-state index contributed by atoms with van der Waals surface area (Å²) in [5.74, 6) is 0.0311. The van der Waals surface area contributed by atoms with Crippen LogP contribution in [0.2, 0.25) is 0 Å². The predicted octanol–water partition coefficient (Wildman–Crippen LogP) is 3.43. The number of carbonyl (C=O) groups is 1. The van der Waals surface area contributed by atoms with Gasteiger partial charge in [0, 0.05) is 18.3 Å². The Hall–Kier alpha value is -2.24. The van der Waals surface area contributed by atoms with Crippen molar-refractivity contribution in [3.05, 3.63) is 41.8 Å². The van der Waals surface area contributed by atoms with Crippen LogP contribution in [0.3, 0.4) is 0 Å². The highest BCUT2D eigenvalue weighted by molar-refractivity contribution is 5.72. The van der Waals surface area contributed by atoms with Gasteiger partial charge in [0.15, 0.2) is 17.4 Å². The maximum Gasteiger partial charge on any atom is 0.311 e. The fourth-order valence-corrected chi connectivity index (χ4v) is 1.75. The van der Waals surface area contributed by atoms with E-state index >= 15 is 0 Å². The lowest BCUT2D eigenvalue weighted by molar-refractivity contribution is -0.134. The second-order valence-corrected chi connectivity index (χ2v) is 6.02. The van der Waals surface area contributed by atoms with Crippen LogP contribution in [0, 0.1) is 5.82 Å². The van der Waals surface area contributed by atoms with Crippen molar-refractivity contribution in [3.63, 3.8) is 0 Å². The van der Waals surface area contributed by atoms with Gasteiger partial charge in [-0.2, -0.15) is 4.98 Å². The summed E-state index contributed by atoms with van der Waals surface area (Å²) in [6.45, 7) is 5.98. The van der Waals surface area contributed by atoms with Gasteiger partial charge in [-0.05, 0) is 18.6 Å². The molecule has 0 amide bonds. The van der Waals surface area contributed by atoms with Gasteiger partial charge in [0.25, 0.3) is 0 Å². The lowest BCUT2D eigenvalue weighted by Gasteiger charge is -2.10. The van der Waals surface area contributed by atoms with Gasteiger partial charge in [-0.3, -0.25) is 4.79 Å². The standard InChI is InChI=1S/C16H19FN2O3/c1-16(2,3)15-18-13(22-19-15)9-6-10-14(20)21-12-8-5-4-7-11(12)17/h4-5,7-8H,6,9-10H2,1-3H3. The largest absolute Gasteiger partial charge is 0.423 e. The molecule has 0 unspecified atom stereocenters. The van der Waals surface area contributed by atoms with Crippen LogP contribution in [0.25, 0.3) is 0 Å². The molecule has 1 heterocycles. The van der Waals surface area contributed by atoms with Crippen molar-refractivity contribution in [2.45, 2.75) is 45.4 Å². The number of carbonyl (C=O) groups excluding carboxylic acids is 1. The number of esters is 1. The number of para-hydroxylation sites is 1. The molecule has 118 valence electrons. The van der Waals surface area contributed by atoms with Crippen LogP contribution in [-0.4, -0.2) is 16.1 Å². The molecule has 5 nitrogen and oxygen atoms in total. The average Bonchev–Trinajstić information content (AvgIpc) is 2.90. The minimum Gasteiger partial charge on any atom is -0.423 e. The number of benzene rings is 1. The molecule has 0 aliphatic rings. The molecular formula is C16H19FN2O3. The van der Waals surface area contributed by atoms with Gasteiger partial charge in [-0.15, -0.1) is 0 Å². The van der Waals surface area contributed by atoms with Gasteiger partial charge in [0.05, 0.1) is 0 Å². The Bertz CT molecular complexity index is 647. The number of rotatable bonds is 5. The lowest BCUT2D eigenvalue weighted by Crippen LogP contribution is -2.13. The normalized spacial score (nSPS) is 11.5. The molecule has 22 heavy (non-hydrogen) atoms. The molecule has 0 radical (unpaired) electrons. The highest BCUT2D eigenvalue weighted by Crippen LogP contribution is 2.19. The zero-order valence-electron chi connectivity index (χ0n) is 12.9. The Labute approximate surface area is 128 Å². The van der Waals surface area contributed by atoms with Gasteiger partial charge >= 0.3 is 5.97 Å². The molecule has 1 aromatic heterocycles. The zero-order chi connectivity index (χ0) is 16.2. The number of hydrogen-bond donors (Lipinski definition) is 0. The van der Waals surface area contributed by atoms with Crippen molar-refractivity contribution in [1.29, 1.82) is 0 Å². The van der Waals surface area contributed by atoms with Gasteiger partial charge in [-0.25, -0.2) is 4.39 Å². The summed E-state index contributed by atoms with van der Waals surface area (Å²) in [5, 5.41) is 3.91. The predicted molar refractivity (Wildman–Crippen MR) is 78.0 cm³/mol. The third-order valence-corrected chi connectivity index (χ3v) is 2.97. The van der Waals surface area contributed by atoms with E-state index in [1.165, 1.54) is 18.2 Å². The topological polar surface area (TPSA) is 65.2 Å². The van der Waals surface area contributed by atoms with Crippen LogP contribution in [-0.2, 0) is 16.6 Å². The summed E-state index contributed by atoms with van der Waals surface area (Å²) in [7, 11) is 0. The van der Waals surface area contributed by atoms with E-state index in [9.17, 15) is 9.18 Å². The summed E-state index contributed by atoms with van der Waals surface area (Å²) < 4.78 is 23.4. The fourth-order valence-electron chi connectivity index (χ4n) is 1.75. The number of ether oxygens (including phenoxy) is 1. The van der Waals surface area contributed by atoms with E-state index < -0.39 is 11.8 Å². The summed E-state index contributed by atoms with van der Waals surface area (Å²) in [4.78, 5) is 16.0.